The first-order valence-electron chi connectivity index (χ1n) is 10.1. The fraction of sp³-hybridized carbons (Fsp3) is 0.0769. The van der Waals surface area contributed by atoms with Crippen LogP contribution in [0.4, 0.5) is 4.39 Å². The van der Waals surface area contributed by atoms with E-state index in [1.54, 1.807) is 28.8 Å². The van der Waals surface area contributed by atoms with Crippen LogP contribution >= 0.6 is 0 Å². The SMILES string of the molecule is Oc1c(Cc2ccccc2F)nc2c(Cc3ccccc3)nc(-c3ccccc3)cn12. The molecule has 4 nitrogen and oxygen atoms in total. The van der Waals surface area contributed by atoms with E-state index in [-0.39, 0.29) is 18.1 Å². The number of rotatable bonds is 5. The highest BCUT2D eigenvalue weighted by Gasteiger charge is 2.18. The molecule has 31 heavy (non-hydrogen) atoms. The van der Waals surface area contributed by atoms with Crippen LogP contribution in [0, 0.1) is 5.82 Å². The van der Waals surface area contributed by atoms with E-state index in [9.17, 15) is 9.50 Å². The number of fused-ring (bicyclic) bond motifs is 1. The summed E-state index contributed by atoms with van der Waals surface area (Å²) in [5.41, 5.74) is 5.02. The number of imidazole rings is 1. The van der Waals surface area contributed by atoms with Crippen LogP contribution in [-0.2, 0) is 12.8 Å². The maximum Gasteiger partial charge on any atom is 0.219 e. The maximum atomic E-state index is 14.2. The van der Waals surface area contributed by atoms with E-state index in [4.69, 9.17) is 4.98 Å². The molecule has 0 fully saturated rings. The van der Waals surface area contributed by atoms with Crippen LogP contribution in [0.5, 0.6) is 5.88 Å². The Hall–Kier alpha value is -3.99. The minimum absolute atomic E-state index is 0.00662. The van der Waals surface area contributed by atoms with Crippen molar-refractivity contribution in [3.8, 4) is 17.1 Å². The van der Waals surface area contributed by atoms with Crippen LogP contribution in [0.3, 0.4) is 0 Å². The second kappa shape index (κ2) is 8.03. The van der Waals surface area contributed by atoms with Crippen molar-refractivity contribution in [1.82, 2.24) is 14.4 Å². The molecule has 0 unspecified atom stereocenters. The zero-order valence-corrected chi connectivity index (χ0v) is 16.7. The van der Waals surface area contributed by atoms with Crippen molar-refractivity contribution in [2.75, 3.05) is 0 Å². The minimum Gasteiger partial charge on any atom is -0.493 e. The topological polar surface area (TPSA) is 50.4 Å². The van der Waals surface area contributed by atoms with E-state index in [2.05, 4.69) is 4.98 Å². The predicted molar refractivity (Wildman–Crippen MR) is 119 cm³/mol. The van der Waals surface area contributed by atoms with Crippen molar-refractivity contribution in [3.05, 3.63) is 119 Å². The normalized spacial score (nSPS) is 11.1. The third-order valence-electron chi connectivity index (χ3n) is 5.32. The Labute approximate surface area is 179 Å². The molecule has 0 aliphatic heterocycles. The molecule has 5 aromatic rings. The number of halogens is 1. The zero-order chi connectivity index (χ0) is 21.2. The summed E-state index contributed by atoms with van der Waals surface area (Å²) in [4.78, 5) is 9.54. The maximum absolute atomic E-state index is 14.2. The standard InChI is InChI=1S/C26H20FN3O/c27-21-14-8-7-13-20(21)16-23-26(31)30-17-24(19-11-5-2-6-12-19)28-22(25(30)29-23)15-18-9-3-1-4-10-18/h1-14,17,31H,15-16H2. The van der Waals surface area contributed by atoms with Gasteiger partial charge in [0.25, 0.3) is 0 Å². The summed E-state index contributed by atoms with van der Waals surface area (Å²) >= 11 is 0. The van der Waals surface area contributed by atoms with Gasteiger partial charge in [-0.15, -0.1) is 0 Å². The molecule has 0 amide bonds. The van der Waals surface area contributed by atoms with Gasteiger partial charge in [-0.25, -0.2) is 14.4 Å². The largest absolute Gasteiger partial charge is 0.493 e. The number of hydrogen-bond acceptors (Lipinski definition) is 3. The molecule has 0 atom stereocenters. The van der Waals surface area contributed by atoms with Gasteiger partial charge in [-0.1, -0.05) is 78.9 Å². The molecule has 2 heterocycles. The van der Waals surface area contributed by atoms with Gasteiger partial charge >= 0.3 is 0 Å². The Morgan fingerprint density at radius 2 is 1.42 bits per heavy atom. The van der Waals surface area contributed by atoms with Crippen molar-refractivity contribution in [3.63, 3.8) is 0 Å². The first-order chi connectivity index (χ1) is 15.2. The molecule has 0 spiro atoms. The summed E-state index contributed by atoms with van der Waals surface area (Å²) in [7, 11) is 0. The fourth-order valence-corrected chi connectivity index (χ4v) is 3.74. The average Bonchev–Trinajstić information content (AvgIpc) is 3.12. The fourth-order valence-electron chi connectivity index (χ4n) is 3.74. The van der Waals surface area contributed by atoms with Gasteiger partial charge in [0.05, 0.1) is 11.4 Å². The first kappa shape index (κ1) is 19.0. The second-order valence-electron chi connectivity index (χ2n) is 7.45. The van der Waals surface area contributed by atoms with Crippen molar-refractivity contribution < 1.29 is 9.50 Å². The van der Waals surface area contributed by atoms with Gasteiger partial charge in [-0.05, 0) is 17.2 Å². The van der Waals surface area contributed by atoms with Crippen LogP contribution in [0.25, 0.3) is 16.9 Å². The van der Waals surface area contributed by atoms with Crippen LogP contribution in [0.15, 0.2) is 91.1 Å². The number of benzene rings is 3. The highest BCUT2D eigenvalue weighted by atomic mass is 19.1. The minimum atomic E-state index is -0.313. The van der Waals surface area contributed by atoms with E-state index in [1.165, 1.54) is 6.07 Å². The lowest BCUT2D eigenvalue weighted by molar-refractivity contribution is 0.442. The van der Waals surface area contributed by atoms with E-state index in [0.29, 0.717) is 23.3 Å². The predicted octanol–water partition coefficient (Wildman–Crippen LogP) is 5.42. The van der Waals surface area contributed by atoms with Crippen LogP contribution < -0.4 is 0 Å². The molecule has 5 rings (SSSR count). The third kappa shape index (κ3) is 3.78. The molecule has 152 valence electrons. The van der Waals surface area contributed by atoms with Crippen LogP contribution in [0.2, 0.25) is 0 Å². The Kier molecular flexibility index (Phi) is 4.92. The quantitative estimate of drug-likeness (QED) is 0.422. The highest BCUT2D eigenvalue weighted by Crippen LogP contribution is 2.28. The van der Waals surface area contributed by atoms with Gasteiger partial charge in [0, 0.05) is 24.6 Å². The van der Waals surface area contributed by atoms with Crippen LogP contribution in [0.1, 0.15) is 22.5 Å². The third-order valence-corrected chi connectivity index (χ3v) is 5.32. The van der Waals surface area contributed by atoms with Gasteiger partial charge in [-0.3, -0.25) is 4.40 Å². The molecule has 0 saturated carbocycles. The van der Waals surface area contributed by atoms with Crippen molar-refractivity contribution in [1.29, 1.82) is 0 Å². The first-order valence-corrected chi connectivity index (χ1v) is 10.1. The van der Waals surface area contributed by atoms with Gasteiger partial charge in [0.1, 0.15) is 11.5 Å². The second-order valence-corrected chi connectivity index (χ2v) is 7.45. The van der Waals surface area contributed by atoms with Gasteiger partial charge in [0.2, 0.25) is 5.88 Å². The molecule has 0 aliphatic carbocycles. The van der Waals surface area contributed by atoms with E-state index in [1.807, 2.05) is 60.7 Å². The van der Waals surface area contributed by atoms with E-state index >= 15 is 0 Å². The Morgan fingerprint density at radius 1 is 0.742 bits per heavy atom. The number of nitrogens with zero attached hydrogens (tertiary/aromatic N) is 3. The molecule has 0 bridgehead atoms. The van der Waals surface area contributed by atoms with Crippen molar-refractivity contribution >= 4 is 5.65 Å². The summed E-state index contributed by atoms with van der Waals surface area (Å²) < 4.78 is 15.8. The lowest BCUT2D eigenvalue weighted by Gasteiger charge is -2.08. The summed E-state index contributed by atoms with van der Waals surface area (Å²) in [6.07, 6.45) is 2.55. The summed E-state index contributed by atoms with van der Waals surface area (Å²) in [6, 6.07) is 26.4. The molecule has 2 aromatic heterocycles. The molecular weight excluding hydrogens is 389 g/mol. The number of hydrogen-bond donors (Lipinski definition) is 1. The molecule has 0 saturated heterocycles. The summed E-state index contributed by atoms with van der Waals surface area (Å²) in [6.45, 7) is 0. The molecule has 0 radical (unpaired) electrons. The van der Waals surface area contributed by atoms with Gasteiger partial charge < -0.3 is 5.11 Å². The highest BCUT2D eigenvalue weighted by molar-refractivity contribution is 5.63. The number of aromatic hydroxyl groups is 1. The van der Waals surface area contributed by atoms with Crippen molar-refractivity contribution in [2.24, 2.45) is 0 Å². The average molecular weight is 409 g/mol. The molecular formula is C26H20FN3O. The summed E-state index contributed by atoms with van der Waals surface area (Å²) in [5.74, 6) is -0.307. The monoisotopic (exact) mass is 409 g/mol. The molecule has 5 heteroatoms. The Morgan fingerprint density at radius 3 is 2.16 bits per heavy atom. The zero-order valence-electron chi connectivity index (χ0n) is 16.7. The van der Waals surface area contributed by atoms with E-state index < -0.39 is 0 Å². The van der Waals surface area contributed by atoms with Crippen molar-refractivity contribution in [2.45, 2.75) is 12.8 Å². The molecule has 3 aromatic carbocycles. The summed E-state index contributed by atoms with van der Waals surface area (Å²) in [5, 5.41) is 11.0. The van der Waals surface area contributed by atoms with Gasteiger partial charge in [-0.2, -0.15) is 0 Å². The van der Waals surface area contributed by atoms with E-state index in [0.717, 1.165) is 22.5 Å². The Balaban J connectivity index is 1.66. The Bertz CT molecular complexity index is 1350. The van der Waals surface area contributed by atoms with Crippen LogP contribution in [-0.4, -0.2) is 19.5 Å². The smallest absolute Gasteiger partial charge is 0.219 e. The molecule has 0 aliphatic rings. The van der Waals surface area contributed by atoms with Gasteiger partial charge in [0.15, 0.2) is 5.65 Å². The molecule has 1 N–H and O–H groups in total. The lowest BCUT2D eigenvalue weighted by Crippen LogP contribution is -2.00. The lowest BCUT2D eigenvalue weighted by atomic mass is 10.1. The number of aromatic nitrogens is 3.